The second-order valence-corrected chi connectivity index (χ2v) is 5.77. The fraction of sp³-hybridized carbons (Fsp3) is 0.533. The molecule has 0 unspecified atom stereocenters. The molecular formula is C15H24CuO3S. The van der Waals surface area contributed by atoms with Crippen molar-refractivity contribution >= 4 is 10.1 Å². The van der Waals surface area contributed by atoms with Gasteiger partial charge in [-0.15, -0.1) is 0 Å². The SMILES string of the molecule is O=S(=O)([O-])c1ccccc1.[CH2-]CCCCCCCC.[Cu+2]. The first-order valence-corrected chi connectivity index (χ1v) is 8.23. The van der Waals surface area contributed by atoms with Crippen LogP contribution in [0.15, 0.2) is 35.2 Å². The van der Waals surface area contributed by atoms with Crippen molar-refractivity contribution in [3.63, 3.8) is 0 Å². The third-order valence-corrected chi connectivity index (χ3v) is 3.48. The Morgan fingerprint density at radius 2 is 1.50 bits per heavy atom. The number of hydrogen-bond donors (Lipinski definition) is 0. The normalized spacial score (nSPS) is 10.2. The Morgan fingerprint density at radius 3 is 1.90 bits per heavy atom. The molecule has 1 rings (SSSR count). The van der Waals surface area contributed by atoms with Crippen LogP contribution < -0.4 is 0 Å². The summed E-state index contributed by atoms with van der Waals surface area (Å²) in [5.74, 6) is 0. The van der Waals surface area contributed by atoms with Gasteiger partial charge in [0.2, 0.25) is 0 Å². The van der Waals surface area contributed by atoms with E-state index < -0.39 is 10.1 Å². The van der Waals surface area contributed by atoms with Crippen molar-refractivity contribution in [2.45, 2.75) is 56.8 Å². The van der Waals surface area contributed by atoms with E-state index in [0.29, 0.717) is 0 Å². The van der Waals surface area contributed by atoms with Crippen LogP contribution in [-0.2, 0) is 27.2 Å². The second kappa shape index (κ2) is 13.6. The molecule has 0 saturated heterocycles. The van der Waals surface area contributed by atoms with Gasteiger partial charge in [-0.3, -0.25) is 0 Å². The molecule has 119 valence electrons. The van der Waals surface area contributed by atoms with Gasteiger partial charge in [0.05, 0.1) is 4.90 Å². The second-order valence-electron chi connectivity index (χ2n) is 4.39. The molecule has 0 aromatic heterocycles. The molecule has 0 N–H and O–H groups in total. The zero-order valence-electron chi connectivity index (χ0n) is 12.0. The summed E-state index contributed by atoms with van der Waals surface area (Å²) in [6.07, 6.45) is 9.45. The van der Waals surface area contributed by atoms with E-state index in [2.05, 4.69) is 13.8 Å². The van der Waals surface area contributed by atoms with Gasteiger partial charge < -0.3 is 11.5 Å². The molecule has 0 aliphatic rings. The van der Waals surface area contributed by atoms with Crippen molar-refractivity contribution in [2.75, 3.05) is 0 Å². The van der Waals surface area contributed by atoms with Gasteiger partial charge in [-0.05, 0) is 12.1 Å². The number of benzene rings is 1. The molecule has 0 amide bonds. The van der Waals surface area contributed by atoms with Crippen LogP contribution in [0.25, 0.3) is 0 Å². The van der Waals surface area contributed by atoms with Crippen LogP contribution in [0, 0.1) is 6.92 Å². The summed E-state index contributed by atoms with van der Waals surface area (Å²) >= 11 is 0. The third-order valence-electron chi connectivity index (χ3n) is 2.64. The molecule has 20 heavy (non-hydrogen) atoms. The Hall–Kier alpha value is -0.351. The minimum atomic E-state index is -4.25. The Labute approximate surface area is 134 Å². The summed E-state index contributed by atoms with van der Waals surface area (Å²) in [7, 11) is -4.25. The van der Waals surface area contributed by atoms with Crippen LogP contribution in [0.3, 0.4) is 0 Å². The van der Waals surface area contributed by atoms with E-state index in [1.54, 1.807) is 6.07 Å². The van der Waals surface area contributed by atoms with Crippen molar-refractivity contribution in [1.82, 2.24) is 0 Å². The first-order chi connectivity index (χ1) is 9.02. The fourth-order valence-corrected chi connectivity index (χ4v) is 2.03. The Morgan fingerprint density at radius 1 is 1.00 bits per heavy atom. The molecule has 0 atom stereocenters. The maximum Gasteiger partial charge on any atom is 2.00 e. The molecule has 1 aromatic rings. The van der Waals surface area contributed by atoms with Crippen LogP contribution in [0.2, 0.25) is 0 Å². The molecule has 1 aromatic carbocycles. The molecule has 0 bridgehead atoms. The maximum atomic E-state index is 10.3. The number of hydrogen-bond acceptors (Lipinski definition) is 3. The molecular weight excluding hydrogens is 324 g/mol. The van der Waals surface area contributed by atoms with Crippen molar-refractivity contribution in [2.24, 2.45) is 0 Å². The average Bonchev–Trinajstić information content (AvgIpc) is 2.40. The predicted molar refractivity (Wildman–Crippen MR) is 77.8 cm³/mol. The summed E-state index contributed by atoms with van der Waals surface area (Å²) in [5.41, 5.74) is 0. The number of rotatable bonds is 7. The van der Waals surface area contributed by atoms with Crippen LogP contribution in [0.5, 0.6) is 0 Å². The van der Waals surface area contributed by atoms with Gasteiger partial charge in [0.15, 0.2) is 0 Å². The standard InChI is InChI=1S/C9H19.C6H6O3S.Cu/c1-3-5-7-9-8-6-4-2;7-10(8,9)6-4-2-1-3-5-6;/h1,3-9H2,2H3;1-5H,(H,7,8,9);/q-1;;+2/p-1. The minimum Gasteiger partial charge on any atom is -0.744 e. The molecule has 0 spiro atoms. The van der Waals surface area contributed by atoms with Crippen LogP contribution in [-0.4, -0.2) is 13.0 Å². The van der Waals surface area contributed by atoms with E-state index in [4.69, 9.17) is 0 Å². The van der Waals surface area contributed by atoms with Crippen molar-refractivity contribution < 1.29 is 30.0 Å². The van der Waals surface area contributed by atoms with Crippen LogP contribution in [0.1, 0.15) is 51.9 Å². The molecule has 0 heterocycles. The predicted octanol–water partition coefficient (Wildman–Crippen LogP) is 4.16. The van der Waals surface area contributed by atoms with Crippen molar-refractivity contribution in [3.05, 3.63) is 37.3 Å². The quantitative estimate of drug-likeness (QED) is 0.322. The first-order valence-electron chi connectivity index (χ1n) is 6.82. The fourth-order valence-electron chi connectivity index (χ4n) is 1.54. The van der Waals surface area contributed by atoms with Gasteiger partial charge >= 0.3 is 17.1 Å². The van der Waals surface area contributed by atoms with Gasteiger partial charge in [0.25, 0.3) is 0 Å². The first kappa shape index (κ1) is 21.9. The van der Waals surface area contributed by atoms with Gasteiger partial charge in [0.1, 0.15) is 10.1 Å². The summed E-state index contributed by atoms with van der Waals surface area (Å²) in [6.45, 7) is 6.05. The largest absolute Gasteiger partial charge is 2.00 e. The van der Waals surface area contributed by atoms with Gasteiger partial charge in [-0.1, -0.05) is 63.6 Å². The van der Waals surface area contributed by atoms with Crippen LogP contribution in [0.4, 0.5) is 0 Å². The molecule has 0 aliphatic heterocycles. The van der Waals surface area contributed by atoms with E-state index in [1.807, 2.05) is 0 Å². The van der Waals surface area contributed by atoms with Gasteiger partial charge in [-0.25, -0.2) is 8.42 Å². The van der Waals surface area contributed by atoms with Gasteiger partial charge in [-0.2, -0.15) is 6.42 Å². The van der Waals surface area contributed by atoms with Crippen molar-refractivity contribution in [3.8, 4) is 0 Å². The summed E-state index contributed by atoms with van der Waals surface area (Å²) in [6, 6.07) is 7.19. The third kappa shape index (κ3) is 12.7. The van der Waals surface area contributed by atoms with E-state index in [0.717, 1.165) is 6.42 Å². The molecule has 0 saturated carbocycles. The molecule has 5 heteroatoms. The zero-order valence-corrected chi connectivity index (χ0v) is 13.7. The minimum absolute atomic E-state index is 0. The summed E-state index contributed by atoms with van der Waals surface area (Å²) < 4.78 is 30.8. The van der Waals surface area contributed by atoms with Crippen molar-refractivity contribution in [1.29, 1.82) is 0 Å². The van der Waals surface area contributed by atoms with E-state index in [1.165, 1.54) is 62.8 Å². The average molecular weight is 348 g/mol. The smallest absolute Gasteiger partial charge is 0.744 e. The molecule has 0 aliphatic carbocycles. The number of unbranched alkanes of at least 4 members (excludes halogenated alkanes) is 6. The molecule has 1 radical (unpaired) electrons. The monoisotopic (exact) mass is 347 g/mol. The van der Waals surface area contributed by atoms with Crippen LogP contribution >= 0.6 is 0 Å². The van der Waals surface area contributed by atoms with Gasteiger partial charge in [0, 0.05) is 0 Å². The van der Waals surface area contributed by atoms with E-state index in [9.17, 15) is 13.0 Å². The molecule has 0 fully saturated rings. The topological polar surface area (TPSA) is 57.2 Å². The summed E-state index contributed by atoms with van der Waals surface area (Å²) in [5, 5.41) is 0. The zero-order chi connectivity index (χ0) is 14.6. The van der Waals surface area contributed by atoms with E-state index in [-0.39, 0.29) is 22.0 Å². The Kier molecular flexibility index (Phi) is 14.9. The maximum absolute atomic E-state index is 10.3. The summed E-state index contributed by atoms with van der Waals surface area (Å²) in [4.78, 5) is -0.185. The van der Waals surface area contributed by atoms with E-state index >= 15 is 0 Å². The molecule has 3 nitrogen and oxygen atoms in total. The Bertz CT molecular complexity index is 398. The Balaban J connectivity index is 0.